The van der Waals surface area contributed by atoms with Crippen LogP contribution in [0.5, 0.6) is 0 Å². The Hall–Kier alpha value is -1.82. The zero-order valence-electron chi connectivity index (χ0n) is 13.3. The Labute approximate surface area is 131 Å². The number of carbonyl (C=O) groups is 1. The number of amides is 2. The number of anilines is 1. The summed E-state index contributed by atoms with van der Waals surface area (Å²) < 4.78 is 0. The highest BCUT2D eigenvalue weighted by atomic mass is 16.3. The molecule has 3 N–H and O–H groups in total. The van der Waals surface area contributed by atoms with Crippen LogP contribution in [0.25, 0.3) is 0 Å². The fraction of sp³-hybridized carbons (Fsp3) is 0.625. The molecule has 1 aliphatic rings. The number of hydrogen-bond donors (Lipinski definition) is 3. The average molecular weight is 306 g/mol. The van der Waals surface area contributed by atoms with E-state index in [1.54, 1.807) is 6.20 Å². The predicted molar refractivity (Wildman–Crippen MR) is 86.9 cm³/mol. The van der Waals surface area contributed by atoms with Crippen LogP contribution in [-0.4, -0.2) is 47.9 Å². The highest BCUT2D eigenvalue weighted by Crippen LogP contribution is 2.17. The second-order valence-corrected chi connectivity index (χ2v) is 6.02. The quantitative estimate of drug-likeness (QED) is 0.768. The number of aromatic nitrogens is 1. The largest absolute Gasteiger partial charge is 0.396 e. The van der Waals surface area contributed by atoms with Gasteiger partial charge in [-0.15, -0.1) is 0 Å². The van der Waals surface area contributed by atoms with Crippen LogP contribution in [0, 0.1) is 5.92 Å². The zero-order valence-corrected chi connectivity index (χ0v) is 13.3. The molecule has 6 heteroatoms. The molecular weight excluding hydrogens is 280 g/mol. The number of rotatable bonds is 5. The van der Waals surface area contributed by atoms with E-state index in [1.807, 2.05) is 32.0 Å². The maximum absolute atomic E-state index is 12.0. The molecule has 1 aromatic rings. The number of urea groups is 1. The third-order valence-electron chi connectivity index (χ3n) is 4.30. The lowest BCUT2D eigenvalue weighted by Gasteiger charge is -2.33. The van der Waals surface area contributed by atoms with Crippen LogP contribution in [-0.2, 0) is 0 Å². The van der Waals surface area contributed by atoms with Gasteiger partial charge in [-0.1, -0.05) is 13.0 Å². The molecule has 2 heterocycles. The smallest absolute Gasteiger partial charge is 0.315 e. The number of piperidine rings is 1. The molecule has 1 aromatic heterocycles. The number of pyridine rings is 1. The fourth-order valence-corrected chi connectivity index (χ4v) is 2.53. The average Bonchev–Trinajstić information content (AvgIpc) is 2.55. The second kappa shape index (κ2) is 7.98. The Morgan fingerprint density at radius 1 is 1.41 bits per heavy atom. The molecular formula is C16H26N4O2. The van der Waals surface area contributed by atoms with Crippen LogP contribution in [0.3, 0.4) is 0 Å². The Morgan fingerprint density at radius 2 is 2.14 bits per heavy atom. The van der Waals surface area contributed by atoms with Crippen LogP contribution >= 0.6 is 0 Å². The van der Waals surface area contributed by atoms with E-state index in [4.69, 9.17) is 5.11 Å². The summed E-state index contributed by atoms with van der Waals surface area (Å²) in [5.74, 6) is 1.05. The van der Waals surface area contributed by atoms with Gasteiger partial charge >= 0.3 is 6.03 Å². The minimum Gasteiger partial charge on any atom is -0.396 e. The van der Waals surface area contributed by atoms with Gasteiger partial charge in [-0.25, -0.2) is 9.78 Å². The third kappa shape index (κ3) is 4.59. The van der Waals surface area contributed by atoms with E-state index in [9.17, 15) is 4.79 Å². The maximum atomic E-state index is 12.0. The van der Waals surface area contributed by atoms with Gasteiger partial charge in [0.2, 0.25) is 0 Å². The van der Waals surface area contributed by atoms with Crippen molar-refractivity contribution in [3.63, 3.8) is 0 Å². The van der Waals surface area contributed by atoms with Gasteiger partial charge in [0.25, 0.3) is 0 Å². The number of hydrogen-bond acceptors (Lipinski definition) is 4. The maximum Gasteiger partial charge on any atom is 0.315 e. The lowest BCUT2D eigenvalue weighted by molar-refractivity contribution is 0.198. The molecule has 2 atom stereocenters. The summed E-state index contributed by atoms with van der Waals surface area (Å²) in [4.78, 5) is 18.6. The van der Waals surface area contributed by atoms with Gasteiger partial charge in [0, 0.05) is 38.0 Å². The summed E-state index contributed by atoms with van der Waals surface area (Å²) >= 11 is 0. The van der Waals surface area contributed by atoms with Crippen LogP contribution in [0.15, 0.2) is 24.4 Å². The number of aliphatic hydroxyl groups is 1. The van der Waals surface area contributed by atoms with Crippen molar-refractivity contribution >= 4 is 11.8 Å². The molecule has 0 saturated carbocycles. The lowest BCUT2D eigenvalue weighted by Crippen LogP contribution is -2.51. The molecule has 1 saturated heterocycles. The summed E-state index contributed by atoms with van der Waals surface area (Å²) in [7, 11) is 0. The summed E-state index contributed by atoms with van der Waals surface area (Å²) in [6, 6.07) is 5.91. The fourth-order valence-electron chi connectivity index (χ4n) is 2.53. The zero-order chi connectivity index (χ0) is 15.9. The Balaban J connectivity index is 1.74. The SMILES string of the molecule is CC(CO)C(C)NC(=O)NC1CCN(c2ccccn2)CC1. The molecule has 0 aromatic carbocycles. The van der Waals surface area contributed by atoms with Gasteiger partial charge in [0.05, 0.1) is 0 Å². The standard InChI is InChI=1S/C16H26N4O2/c1-12(11-21)13(2)18-16(22)19-14-6-9-20(10-7-14)15-5-3-4-8-17-15/h3-5,8,12-14,21H,6-7,9-11H2,1-2H3,(H2,18,19,22). The second-order valence-electron chi connectivity index (χ2n) is 6.02. The third-order valence-corrected chi connectivity index (χ3v) is 4.30. The molecule has 0 aliphatic carbocycles. The van der Waals surface area contributed by atoms with Gasteiger partial charge in [0.1, 0.15) is 5.82 Å². The van der Waals surface area contributed by atoms with Gasteiger partial charge in [0.15, 0.2) is 0 Å². The lowest BCUT2D eigenvalue weighted by atomic mass is 10.0. The minimum atomic E-state index is -0.149. The van der Waals surface area contributed by atoms with Crippen LogP contribution in [0.2, 0.25) is 0 Å². The van der Waals surface area contributed by atoms with E-state index in [2.05, 4.69) is 20.5 Å². The number of aliphatic hydroxyl groups excluding tert-OH is 1. The van der Waals surface area contributed by atoms with Crippen molar-refractivity contribution < 1.29 is 9.90 Å². The summed E-state index contributed by atoms with van der Waals surface area (Å²) in [6.07, 6.45) is 3.62. The number of carbonyl (C=O) groups excluding carboxylic acids is 1. The van der Waals surface area contributed by atoms with Crippen molar-refractivity contribution in [2.24, 2.45) is 5.92 Å². The Kier molecular flexibility index (Phi) is 6.00. The highest BCUT2D eigenvalue weighted by molar-refractivity contribution is 5.74. The van der Waals surface area contributed by atoms with E-state index in [1.165, 1.54) is 0 Å². The molecule has 1 fully saturated rings. The van der Waals surface area contributed by atoms with Crippen LogP contribution in [0.4, 0.5) is 10.6 Å². The molecule has 0 bridgehead atoms. The normalized spacial score (nSPS) is 18.6. The van der Waals surface area contributed by atoms with Crippen molar-refractivity contribution in [2.75, 3.05) is 24.6 Å². The van der Waals surface area contributed by atoms with Gasteiger partial charge < -0.3 is 20.6 Å². The van der Waals surface area contributed by atoms with E-state index >= 15 is 0 Å². The molecule has 1 aliphatic heterocycles. The molecule has 2 unspecified atom stereocenters. The van der Waals surface area contributed by atoms with E-state index in [0.717, 1.165) is 31.7 Å². The summed E-state index contributed by atoms with van der Waals surface area (Å²) in [5, 5.41) is 15.0. The molecule has 6 nitrogen and oxygen atoms in total. The first-order valence-electron chi connectivity index (χ1n) is 7.94. The van der Waals surface area contributed by atoms with E-state index in [0.29, 0.717) is 0 Å². The van der Waals surface area contributed by atoms with Gasteiger partial charge in [-0.05, 0) is 37.8 Å². The molecule has 2 amide bonds. The van der Waals surface area contributed by atoms with E-state index in [-0.39, 0.29) is 30.6 Å². The first-order valence-corrected chi connectivity index (χ1v) is 7.94. The minimum absolute atomic E-state index is 0.0430. The van der Waals surface area contributed by atoms with Crippen molar-refractivity contribution in [3.8, 4) is 0 Å². The topological polar surface area (TPSA) is 77.5 Å². The molecule has 0 radical (unpaired) electrons. The molecule has 2 rings (SSSR count). The van der Waals surface area contributed by atoms with E-state index < -0.39 is 0 Å². The van der Waals surface area contributed by atoms with Crippen LogP contribution in [0.1, 0.15) is 26.7 Å². The molecule has 122 valence electrons. The first kappa shape index (κ1) is 16.5. The van der Waals surface area contributed by atoms with Crippen molar-refractivity contribution in [3.05, 3.63) is 24.4 Å². The number of nitrogens with zero attached hydrogens (tertiary/aromatic N) is 2. The monoisotopic (exact) mass is 306 g/mol. The van der Waals surface area contributed by atoms with Gasteiger partial charge in [-0.3, -0.25) is 0 Å². The Bertz CT molecular complexity index is 460. The predicted octanol–water partition coefficient (Wildman–Crippen LogP) is 1.37. The van der Waals surface area contributed by atoms with Crippen molar-refractivity contribution in [1.82, 2.24) is 15.6 Å². The Morgan fingerprint density at radius 3 is 2.73 bits per heavy atom. The molecule has 22 heavy (non-hydrogen) atoms. The molecule has 0 spiro atoms. The highest BCUT2D eigenvalue weighted by Gasteiger charge is 2.22. The van der Waals surface area contributed by atoms with Crippen molar-refractivity contribution in [2.45, 2.75) is 38.8 Å². The van der Waals surface area contributed by atoms with Crippen LogP contribution < -0.4 is 15.5 Å². The number of nitrogens with one attached hydrogen (secondary N) is 2. The van der Waals surface area contributed by atoms with Crippen molar-refractivity contribution in [1.29, 1.82) is 0 Å². The summed E-state index contributed by atoms with van der Waals surface area (Å²) in [6.45, 7) is 5.68. The summed E-state index contributed by atoms with van der Waals surface area (Å²) in [5.41, 5.74) is 0. The van der Waals surface area contributed by atoms with Gasteiger partial charge in [-0.2, -0.15) is 0 Å². The first-order chi connectivity index (χ1) is 10.6.